The van der Waals surface area contributed by atoms with Gasteiger partial charge >= 0.3 is 0 Å². The van der Waals surface area contributed by atoms with Gasteiger partial charge in [0, 0.05) is 35.6 Å². The zero-order valence-electron chi connectivity index (χ0n) is 13.3. The smallest absolute Gasteiger partial charge is 0.269 e. The number of anilines is 2. The van der Waals surface area contributed by atoms with E-state index in [2.05, 4.69) is 10.2 Å². The van der Waals surface area contributed by atoms with Crippen molar-refractivity contribution in [1.29, 1.82) is 0 Å². The van der Waals surface area contributed by atoms with Gasteiger partial charge in [0.15, 0.2) is 5.82 Å². The molecule has 6 heteroatoms. The van der Waals surface area contributed by atoms with Crippen LogP contribution in [0.2, 0.25) is 0 Å². The minimum atomic E-state index is -0.415. The number of hydrogen-bond donors (Lipinski definition) is 0. The van der Waals surface area contributed by atoms with Crippen molar-refractivity contribution in [2.75, 3.05) is 11.9 Å². The maximum Gasteiger partial charge on any atom is 0.269 e. The molecule has 0 aliphatic heterocycles. The summed E-state index contributed by atoms with van der Waals surface area (Å²) in [6, 6.07) is 14.2. The van der Waals surface area contributed by atoms with E-state index in [1.165, 1.54) is 12.1 Å². The van der Waals surface area contributed by atoms with Gasteiger partial charge in [-0.05, 0) is 12.1 Å². The number of nitro benzene ring substituents is 1. The molecule has 0 spiro atoms. The molecule has 0 saturated heterocycles. The minimum absolute atomic E-state index is 0.0659. The highest BCUT2D eigenvalue weighted by molar-refractivity contribution is 5.93. The van der Waals surface area contributed by atoms with Crippen LogP contribution in [-0.4, -0.2) is 22.2 Å². The summed E-state index contributed by atoms with van der Waals surface area (Å²) in [5, 5.41) is 20.9. The SMILES string of the molecule is CC.CN(c1ccc([N+](=O)[O-])cc1)c1nncc2ccccc12. The number of aromatic nitrogens is 2. The number of non-ortho nitro benzene ring substituents is 1. The molecule has 0 bridgehead atoms. The van der Waals surface area contributed by atoms with Crippen molar-refractivity contribution >= 4 is 28.0 Å². The Hall–Kier alpha value is -3.02. The Bertz CT molecular complexity index is 798. The first kappa shape index (κ1) is 16.4. The third kappa shape index (κ3) is 3.42. The average Bonchev–Trinajstić information content (AvgIpc) is 2.62. The topological polar surface area (TPSA) is 72.2 Å². The van der Waals surface area contributed by atoms with Crippen molar-refractivity contribution in [3.05, 3.63) is 64.8 Å². The normalized spacial score (nSPS) is 9.87. The zero-order valence-corrected chi connectivity index (χ0v) is 13.3. The summed E-state index contributed by atoms with van der Waals surface area (Å²) in [6.07, 6.45) is 1.71. The summed E-state index contributed by atoms with van der Waals surface area (Å²) in [6.45, 7) is 4.00. The van der Waals surface area contributed by atoms with Crippen LogP contribution in [0.5, 0.6) is 0 Å². The average molecular weight is 310 g/mol. The van der Waals surface area contributed by atoms with E-state index >= 15 is 0 Å². The molecule has 0 unspecified atom stereocenters. The van der Waals surface area contributed by atoms with Crippen molar-refractivity contribution in [3.8, 4) is 0 Å². The Morgan fingerprint density at radius 1 is 1.04 bits per heavy atom. The van der Waals surface area contributed by atoms with Gasteiger partial charge in [0.25, 0.3) is 5.69 Å². The fourth-order valence-electron chi connectivity index (χ4n) is 2.18. The predicted octanol–water partition coefficient (Wildman–Crippen LogP) is 4.33. The summed E-state index contributed by atoms with van der Waals surface area (Å²) >= 11 is 0. The van der Waals surface area contributed by atoms with E-state index in [1.807, 2.05) is 50.1 Å². The second-order valence-electron chi connectivity index (χ2n) is 4.59. The van der Waals surface area contributed by atoms with Gasteiger partial charge in [-0.15, -0.1) is 5.10 Å². The highest BCUT2D eigenvalue weighted by Gasteiger charge is 2.12. The predicted molar refractivity (Wildman–Crippen MR) is 92.0 cm³/mol. The second kappa shape index (κ2) is 7.31. The van der Waals surface area contributed by atoms with Crippen molar-refractivity contribution in [3.63, 3.8) is 0 Å². The van der Waals surface area contributed by atoms with Gasteiger partial charge in [0.1, 0.15) is 0 Å². The Balaban J connectivity index is 0.000000924. The van der Waals surface area contributed by atoms with Crippen molar-refractivity contribution in [2.45, 2.75) is 13.8 Å². The molecule has 1 heterocycles. The molecule has 2 aromatic carbocycles. The molecule has 6 nitrogen and oxygen atoms in total. The molecule has 3 aromatic rings. The Labute approximate surface area is 134 Å². The molecular formula is C17H18N4O2. The lowest BCUT2D eigenvalue weighted by molar-refractivity contribution is -0.384. The third-order valence-corrected chi connectivity index (χ3v) is 3.32. The van der Waals surface area contributed by atoms with Crippen LogP contribution >= 0.6 is 0 Å². The summed E-state index contributed by atoms with van der Waals surface area (Å²) < 4.78 is 0. The van der Waals surface area contributed by atoms with Gasteiger partial charge in [0.05, 0.1) is 11.1 Å². The lowest BCUT2D eigenvalue weighted by Gasteiger charge is -2.19. The fourth-order valence-corrected chi connectivity index (χ4v) is 2.18. The molecule has 0 aliphatic rings. The van der Waals surface area contributed by atoms with Crippen molar-refractivity contribution < 1.29 is 4.92 Å². The monoisotopic (exact) mass is 310 g/mol. The van der Waals surface area contributed by atoms with Gasteiger partial charge in [0.2, 0.25) is 0 Å². The number of benzene rings is 2. The molecule has 0 fully saturated rings. The Morgan fingerprint density at radius 3 is 2.35 bits per heavy atom. The summed E-state index contributed by atoms with van der Waals surface area (Å²) in [7, 11) is 1.86. The second-order valence-corrected chi connectivity index (χ2v) is 4.59. The number of nitrogens with zero attached hydrogens (tertiary/aromatic N) is 4. The van der Waals surface area contributed by atoms with Crippen molar-refractivity contribution in [2.24, 2.45) is 0 Å². The molecule has 0 amide bonds. The van der Waals surface area contributed by atoms with Crippen LogP contribution in [0.1, 0.15) is 13.8 Å². The van der Waals surface area contributed by atoms with Gasteiger partial charge in [-0.3, -0.25) is 10.1 Å². The first-order valence-electron chi connectivity index (χ1n) is 7.35. The summed E-state index contributed by atoms with van der Waals surface area (Å²) in [4.78, 5) is 12.1. The zero-order chi connectivity index (χ0) is 16.8. The Kier molecular flexibility index (Phi) is 5.19. The largest absolute Gasteiger partial charge is 0.327 e. The first-order valence-corrected chi connectivity index (χ1v) is 7.35. The maximum atomic E-state index is 10.7. The highest BCUT2D eigenvalue weighted by atomic mass is 16.6. The van der Waals surface area contributed by atoms with Crippen LogP contribution in [0.3, 0.4) is 0 Å². The molecule has 0 radical (unpaired) electrons. The summed E-state index contributed by atoms with van der Waals surface area (Å²) in [5.41, 5.74) is 0.877. The van der Waals surface area contributed by atoms with Gasteiger partial charge in [-0.2, -0.15) is 5.10 Å². The molecule has 0 saturated carbocycles. The van der Waals surface area contributed by atoms with Crippen LogP contribution in [0.4, 0.5) is 17.2 Å². The fraction of sp³-hybridized carbons (Fsp3) is 0.176. The Morgan fingerprint density at radius 2 is 1.70 bits per heavy atom. The lowest BCUT2D eigenvalue weighted by atomic mass is 10.2. The molecule has 0 atom stereocenters. The summed E-state index contributed by atoms with van der Waals surface area (Å²) in [5.74, 6) is 0.710. The number of nitro groups is 1. The third-order valence-electron chi connectivity index (χ3n) is 3.32. The molecule has 23 heavy (non-hydrogen) atoms. The van der Waals surface area contributed by atoms with Crippen LogP contribution < -0.4 is 4.90 Å². The van der Waals surface area contributed by atoms with E-state index in [-0.39, 0.29) is 5.69 Å². The molecule has 0 aliphatic carbocycles. The van der Waals surface area contributed by atoms with Crippen LogP contribution in [0.25, 0.3) is 10.8 Å². The van der Waals surface area contributed by atoms with E-state index < -0.39 is 4.92 Å². The number of hydrogen-bond acceptors (Lipinski definition) is 5. The molecular weight excluding hydrogens is 292 g/mol. The lowest BCUT2D eigenvalue weighted by Crippen LogP contribution is -2.12. The molecule has 0 N–H and O–H groups in total. The van der Waals surface area contributed by atoms with Crippen LogP contribution in [-0.2, 0) is 0 Å². The highest BCUT2D eigenvalue weighted by Crippen LogP contribution is 2.29. The molecule has 3 rings (SSSR count). The van der Waals surface area contributed by atoms with Crippen molar-refractivity contribution in [1.82, 2.24) is 10.2 Å². The van der Waals surface area contributed by atoms with Gasteiger partial charge in [-0.1, -0.05) is 38.1 Å². The molecule has 118 valence electrons. The first-order chi connectivity index (χ1) is 11.2. The van der Waals surface area contributed by atoms with E-state index in [0.717, 1.165) is 16.5 Å². The van der Waals surface area contributed by atoms with Crippen LogP contribution in [0, 0.1) is 10.1 Å². The van der Waals surface area contributed by atoms with E-state index in [4.69, 9.17) is 0 Å². The van der Waals surface area contributed by atoms with E-state index in [9.17, 15) is 10.1 Å². The minimum Gasteiger partial charge on any atom is -0.327 e. The van der Waals surface area contributed by atoms with E-state index in [0.29, 0.717) is 5.82 Å². The van der Waals surface area contributed by atoms with Crippen LogP contribution in [0.15, 0.2) is 54.7 Å². The molecule has 1 aromatic heterocycles. The van der Waals surface area contributed by atoms with Gasteiger partial charge in [-0.25, -0.2) is 0 Å². The maximum absolute atomic E-state index is 10.7. The van der Waals surface area contributed by atoms with Gasteiger partial charge < -0.3 is 4.90 Å². The number of fused-ring (bicyclic) bond motifs is 1. The number of rotatable bonds is 3. The van der Waals surface area contributed by atoms with E-state index in [1.54, 1.807) is 18.3 Å². The quantitative estimate of drug-likeness (QED) is 0.531. The standard InChI is InChI=1S/C15H12N4O2.C2H6/c1-18(12-6-8-13(9-7-12)19(20)21)15-14-5-3-2-4-11(14)10-16-17-15;1-2/h2-10H,1H3;1-2H3.